The van der Waals surface area contributed by atoms with E-state index in [4.69, 9.17) is 49.7 Å². The molecular formula is C11H28N6O6. The summed E-state index contributed by atoms with van der Waals surface area (Å²) < 4.78 is 0. The van der Waals surface area contributed by atoms with Crippen molar-refractivity contribution in [1.29, 1.82) is 0 Å². The Kier molecular flexibility index (Phi) is 18.8. The SMILES string of the molecule is NCC(N)C(=O)O.NCCC(N)C(=O)O.NCCC(N)C(=O)O. The Morgan fingerprint density at radius 2 is 0.913 bits per heavy atom. The highest BCUT2D eigenvalue weighted by molar-refractivity contribution is 5.73. The van der Waals surface area contributed by atoms with Crippen molar-refractivity contribution in [2.24, 2.45) is 34.4 Å². The molecule has 0 aliphatic carbocycles. The number of carboxylic acid groups (broad SMARTS) is 3. The van der Waals surface area contributed by atoms with Gasteiger partial charge in [-0.25, -0.2) is 0 Å². The van der Waals surface area contributed by atoms with Crippen LogP contribution in [0.5, 0.6) is 0 Å². The van der Waals surface area contributed by atoms with E-state index < -0.39 is 36.0 Å². The molecule has 0 spiro atoms. The molecule has 0 aromatic heterocycles. The van der Waals surface area contributed by atoms with Gasteiger partial charge in [0.15, 0.2) is 0 Å². The van der Waals surface area contributed by atoms with Gasteiger partial charge in [0.25, 0.3) is 0 Å². The summed E-state index contributed by atoms with van der Waals surface area (Å²) in [6.45, 7) is 0.649. The normalized spacial score (nSPS) is 13.3. The fourth-order valence-electron chi connectivity index (χ4n) is 0.707. The Bertz CT molecular complexity index is 321. The smallest absolute Gasteiger partial charge is 0.321 e. The first-order chi connectivity index (χ1) is 10.5. The van der Waals surface area contributed by atoms with Crippen molar-refractivity contribution in [2.45, 2.75) is 31.0 Å². The standard InChI is InChI=1S/2C4H10N2O2.C3H8N2O2/c2*5-2-1-3(6)4(7)8;4-1-2(5)3(6)7/h2*3H,1-2,5-6H2,(H,7,8);2H,1,4-5H2,(H,6,7). The summed E-state index contributed by atoms with van der Waals surface area (Å²) in [5, 5.41) is 24.2. The molecule has 0 aliphatic heterocycles. The highest BCUT2D eigenvalue weighted by atomic mass is 16.4. The summed E-state index contributed by atoms with van der Waals surface area (Å²) in [4.78, 5) is 29.5. The molecule has 0 radical (unpaired) electrons. The summed E-state index contributed by atoms with van der Waals surface area (Å²) in [6.07, 6.45) is 0.685. The van der Waals surface area contributed by atoms with E-state index in [0.717, 1.165) is 0 Å². The van der Waals surface area contributed by atoms with Gasteiger partial charge in [-0.2, -0.15) is 0 Å². The topological polar surface area (TPSA) is 268 Å². The van der Waals surface area contributed by atoms with Crippen molar-refractivity contribution in [3.8, 4) is 0 Å². The first-order valence-corrected chi connectivity index (χ1v) is 6.60. The van der Waals surface area contributed by atoms with Gasteiger partial charge in [0, 0.05) is 6.54 Å². The molecule has 3 atom stereocenters. The lowest BCUT2D eigenvalue weighted by atomic mass is 10.2. The Morgan fingerprint density at radius 1 is 0.652 bits per heavy atom. The molecule has 12 heteroatoms. The van der Waals surface area contributed by atoms with E-state index in [-0.39, 0.29) is 6.54 Å². The molecule has 23 heavy (non-hydrogen) atoms. The number of carbonyl (C=O) groups is 3. The molecule has 0 saturated carbocycles. The van der Waals surface area contributed by atoms with Crippen LogP contribution in [0.25, 0.3) is 0 Å². The van der Waals surface area contributed by atoms with Crippen LogP contribution < -0.4 is 34.4 Å². The molecule has 0 aliphatic rings. The largest absolute Gasteiger partial charge is 0.480 e. The van der Waals surface area contributed by atoms with Crippen molar-refractivity contribution in [1.82, 2.24) is 0 Å². The van der Waals surface area contributed by atoms with E-state index in [9.17, 15) is 14.4 Å². The molecule has 0 saturated heterocycles. The Hall–Kier alpha value is -1.83. The zero-order chi connectivity index (χ0) is 19.0. The van der Waals surface area contributed by atoms with Crippen LogP contribution in [0.15, 0.2) is 0 Å². The molecule has 0 heterocycles. The second-order valence-corrected chi connectivity index (χ2v) is 4.22. The zero-order valence-electron chi connectivity index (χ0n) is 12.8. The number of rotatable bonds is 8. The van der Waals surface area contributed by atoms with E-state index in [1.165, 1.54) is 0 Å². The van der Waals surface area contributed by atoms with E-state index in [0.29, 0.717) is 25.9 Å². The Morgan fingerprint density at radius 3 is 0.957 bits per heavy atom. The summed E-state index contributed by atoms with van der Waals surface area (Å²) in [5.74, 6) is -3.03. The molecule has 0 bridgehead atoms. The van der Waals surface area contributed by atoms with Crippen LogP contribution >= 0.6 is 0 Å². The summed E-state index contributed by atoms with van der Waals surface area (Å²) in [7, 11) is 0. The molecule has 0 fully saturated rings. The van der Waals surface area contributed by atoms with Gasteiger partial charge >= 0.3 is 17.9 Å². The molecule has 3 unspecified atom stereocenters. The second kappa shape index (κ2) is 16.5. The lowest BCUT2D eigenvalue weighted by molar-refractivity contribution is -0.139. The van der Waals surface area contributed by atoms with Crippen molar-refractivity contribution >= 4 is 17.9 Å². The third kappa shape index (κ3) is 20.2. The van der Waals surface area contributed by atoms with Gasteiger partial charge in [-0.1, -0.05) is 0 Å². The van der Waals surface area contributed by atoms with Crippen LogP contribution in [0.3, 0.4) is 0 Å². The van der Waals surface area contributed by atoms with Gasteiger partial charge in [0.05, 0.1) is 0 Å². The number of nitrogens with two attached hydrogens (primary N) is 6. The average molecular weight is 340 g/mol. The van der Waals surface area contributed by atoms with Crippen molar-refractivity contribution in [3.05, 3.63) is 0 Å². The maximum absolute atomic E-state index is 9.91. The van der Waals surface area contributed by atoms with Crippen LogP contribution in [0.4, 0.5) is 0 Å². The highest BCUT2D eigenvalue weighted by Crippen LogP contribution is 1.83. The third-order valence-corrected chi connectivity index (χ3v) is 2.16. The summed E-state index contributed by atoms with van der Waals surface area (Å²) in [5.41, 5.74) is 29.9. The maximum atomic E-state index is 9.91. The van der Waals surface area contributed by atoms with Gasteiger partial charge in [0.2, 0.25) is 0 Å². The van der Waals surface area contributed by atoms with Crippen LogP contribution in [-0.4, -0.2) is 71.0 Å². The lowest BCUT2D eigenvalue weighted by Gasteiger charge is -2.00. The quantitative estimate of drug-likeness (QED) is 0.204. The minimum atomic E-state index is -1.05. The van der Waals surface area contributed by atoms with Crippen LogP contribution in [0.1, 0.15) is 12.8 Å². The molecule has 0 amide bonds. The number of hydrogen-bond acceptors (Lipinski definition) is 9. The van der Waals surface area contributed by atoms with Gasteiger partial charge in [-0.15, -0.1) is 0 Å². The number of aliphatic carboxylic acids is 3. The van der Waals surface area contributed by atoms with Gasteiger partial charge in [-0.05, 0) is 25.9 Å². The second-order valence-electron chi connectivity index (χ2n) is 4.22. The fourth-order valence-corrected chi connectivity index (χ4v) is 0.707. The fraction of sp³-hybridized carbons (Fsp3) is 0.727. The molecule has 12 nitrogen and oxygen atoms in total. The summed E-state index contributed by atoms with van der Waals surface area (Å²) >= 11 is 0. The molecular weight excluding hydrogens is 312 g/mol. The zero-order valence-corrected chi connectivity index (χ0v) is 12.8. The first kappa shape index (κ1) is 26.1. The minimum Gasteiger partial charge on any atom is -0.480 e. The minimum absolute atomic E-state index is 0.00463. The van der Waals surface area contributed by atoms with Crippen molar-refractivity contribution in [2.75, 3.05) is 19.6 Å². The van der Waals surface area contributed by atoms with Crippen LogP contribution in [-0.2, 0) is 14.4 Å². The first-order valence-electron chi connectivity index (χ1n) is 6.60. The molecule has 15 N–H and O–H groups in total. The van der Waals surface area contributed by atoms with E-state index in [1.807, 2.05) is 0 Å². The van der Waals surface area contributed by atoms with Gasteiger partial charge < -0.3 is 49.7 Å². The third-order valence-electron chi connectivity index (χ3n) is 2.16. The van der Waals surface area contributed by atoms with Gasteiger partial charge in [0.1, 0.15) is 18.1 Å². The Balaban J connectivity index is -0.000000262. The van der Waals surface area contributed by atoms with Crippen LogP contribution in [0, 0.1) is 0 Å². The molecule has 0 aromatic rings. The maximum Gasteiger partial charge on any atom is 0.321 e. The van der Waals surface area contributed by atoms with E-state index >= 15 is 0 Å². The average Bonchev–Trinajstić information content (AvgIpc) is 2.47. The molecule has 0 aromatic carbocycles. The van der Waals surface area contributed by atoms with Crippen LogP contribution in [0.2, 0.25) is 0 Å². The van der Waals surface area contributed by atoms with E-state index in [2.05, 4.69) is 0 Å². The van der Waals surface area contributed by atoms with Crippen molar-refractivity contribution in [3.63, 3.8) is 0 Å². The Labute approximate surface area is 133 Å². The van der Waals surface area contributed by atoms with Gasteiger partial charge in [-0.3, -0.25) is 14.4 Å². The van der Waals surface area contributed by atoms with E-state index in [1.54, 1.807) is 0 Å². The monoisotopic (exact) mass is 340 g/mol. The highest BCUT2D eigenvalue weighted by Gasteiger charge is 2.08. The van der Waals surface area contributed by atoms with Crippen molar-refractivity contribution < 1.29 is 29.7 Å². The summed E-state index contributed by atoms with van der Waals surface area (Å²) in [6, 6.07) is -2.49. The molecule has 138 valence electrons. The predicted octanol–water partition coefficient (Wildman–Crippen LogP) is -4.15. The predicted molar refractivity (Wildman–Crippen MR) is 83.2 cm³/mol. The number of carboxylic acids is 3. The number of hydrogen-bond donors (Lipinski definition) is 9. The molecule has 0 rings (SSSR count). The lowest BCUT2D eigenvalue weighted by Crippen LogP contribution is -2.37.